The fourth-order valence-electron chi connectivity index (χ4n) is 1.10. The van der Waals surface area contributed by atoms with Gasteiger partial charge in [-0.1, -0.05) is 12.1 Å². The third kappa shape index (κ3) is 1.34. The number of thiol groups is 1. The van der Waals surface area contributed by atoms with Crippen LogP contribution in [0.25, 0.3) is 10.2 Å². The summed E-state index contributed by atoms with van der Waals surface area (Å²) in [5.74, 6) is 0. The Kier molecular flexibility index (Phi) is 2.30. The molecule has 0 saturated heterocycles. The van der Waals surface area contributed by atoms with Gasteiger partial charge in [0.15, 0.2) is 4.34 Å². The summed E-state index contributed by atoms with van der Waals surface area (Å²) < 4.78 is 2.26. The van der Waals surface area contributed by atoms with Crippen molar-refractivity contribution in [1.29, 1.82) is 0 Å². The molecule has 1 aromatic carbocycles. The Balaban J connectivity index is 2.74. The molecular weight excluding hydrogens is 206 g/mol. The summed E-state index contributed by atoms with van der Waals surface area (Å²) in [6, 6.07) is 6.23. The topological polar surface area (TPSA) is 12.9 Å². The van der Waals surface area contributed by atoms with Crippen LogP contribution >= 0.6 is 33.8 Å². The number of para-hydroxylation sites is 1. The number of hydrogen-bond acceptors (Lipinski definition) is 4. The molecule has 0 radical (unpaired) electrons. The van der Waals surface area contributed by atoms with Gasteiger partial charge >= 0.3 is 0 Å². The van der Waals surface area contributed by atoms with Crippen molar-refractivity contribution in [1.82, 2.24) is 4.98 Å². The fourth-order valence-corrected chi connectivity index (χ4v) is 2.89. The summed E-state index contributed by atoms with van der Waals surface area (Å²) in [7, 11) is 1.41. The SMILES string of the molecule is Cc1cccc2sc(SS)nc12. The van der Waals surface area contributed by atoms with Crippen LogP contribution in [0.5, 0.6) is 0 Å². The second-order valence-electron chi connectivity index (χ2n) is 2.49. The normalized spacial score (nSPS) is 10.8. The number of nitrogens with zero attached hydrogens (tertiary/aromatic N) is 1. The molecule has 0 aliphatic carbocycles. The van der Waals surface area contributed by atoms with Gasteiger partial charge < -0.3 is 0 Å². The molecule has 1 aromatic heterocycles. The van der Waals surface area contributed by atoms with Crippen LogP contribution in [0.4, 0.5) is 0 Å². The third-order valence-corrected chi connectivity index (χ3v) is 4.13. The summed E-state index contributed by atoms with van der Waals surface area (Å²) in [6.45, 7) is 2.08. The average molecular weight is 213 g/mol. The minimum atomic E-state index is 1.02. The van der Waals surface area contributed by atoms with E-state index in [1.807, 2.05) is 0 Å². The highest BCUT2D eigenvalue weighted by Gasteiger charge is 2.03. The molecule has 1 heterocycles. The first-order valence-corrected chi connectivity index (χ1v) is 6.17. The Labute approximate surface area is 84.0 Å². The highest BCUT2D eigenvalue weighted by Crippen LogP contribution is 2.32. The molecule has 4 heteroatoms. The predicted octanol–water partition coefficient (Wildman–Crippen LogP) is 3.54. The monoisotopic (exact) mass is 213 g/mol. The van der Waals surface area contributed by atoms with E-state index < -0.39 is 0 Å². The molecule has 0 unspecified atom stereocenters. The number of rotatable bonds is 1. The van der Waals surface area contributed by atoms with Gasteiger partial charge in [-0.25, -0.2) is 4.98 Å². The first-order chi connectivity index (χ1) is 5.81. The van der Waals surface area contributed by atoms with Crippen LogP contribution in [-0.2, 0) is 0 Å². The smallest absolute Gasteiger partial charge is 0.161 e. The van der Waals surface area contributed by atoms with Crippen molar-refractivity contribution in [2.24, 2.45) is 0 Å². The van der Waals surface area contributed by atoms with Gasteiger partial charge in [-0.05, 0) is 29.3 Å². The molecule has 0 spiro atoms. The van der Waals surface area contributed by atoms with Crippen LogP contribution in [0.15, 0.2) is 22.5 Å². The van der Waals surface area contributed by atoms with E-state index >= 15 is 0 Å². The Morgan fingerprint density at radius 2 is 2.33 bits per heavy atom. The van der Waals surface area contributed by atoms with Gasteiger partial charge in [-0.2, -0.15) is 0 Å². The highest BCUT2D eigenvalue weighted by molar-refractivity contribution is 8.69. The van der Waals surface area contributed by atoms with E-state index in [-0.39, 0.29) is 0 Å². The minimum Gasteiger partial charge on any atom is -0.228 e. The van der Waals surface area contributed by atoms with Gasteiger partial charge in [0.25, 0.3) is 0 Å². The van der Waals surface area contributed by atoms with E-state index in [0.717, 1.165) is 9.86 Å². The predicted molar refractivity (Wildman–Crippen MR) is 59.2 cm³/mol. The molecule has 0 fully saturated rings. The molecule has 0 aliphatic rings. The lowest BCUT2D eigenvalue weighted by Gasteiger charge is -1.90. The summed E-state index contributed by atoms with van der Waals surface area (Å²) in [5, 5.41) is 0. The highest BCUT2D eigenvalue weighted by atomic mass is 33.1. The number of benzene rings is 1. The lowest BCUT2D eigenvalue weighted by molar-refractivity contribution is 1.29. The third-order valence-electron chi connectivity index (χ3n) is 1.68. The van der Waals surface area contributed by atoms with Crippen LogP contribution in [0.2, 0.25) is 0 Å². The van der Waals surface area contributed by atoms with Gasteiger partial charge in [0.1, 0.15) is 0 Å². The molecule has 0 saturated carbocycles. The van der Waals surface area contributed by atoms with E-state index in [2.05, 4.69) is 41.8 Å². The van der Waals surface area contributed by atoms with Crippen LogP contribution < -0.4 is 0 Å². The summed E-state index contributed by atoms with van der Waals surface area (Å²) in [5.41, 5.74) is 2.34. The maximum Gasteiger partial charge on any atom is 0.161 e. The molecule has 0 amide bonds. The molecule has 2 rings (SSSR count). The Morgan fingerprint density at radius 3 is 3.00 bits per heavy atom. The molecule has 0 atom stereocenters. The van der Waals surface area contributed by atoms with Crippen molar-refractivity contribution in [3.8, 4) is 0 Å². The average Bonchev–Trinajstić information content (AvgIpc) is 2.49. The van der Waals surface area contributed by atoms with Crippen molar-refractivity contribution in [3.63, 3.8) is 0 Å². The van der Waals surface area contributed by atoms with E-state index in [9.17, 15) is 0 Å². The van der Waals surface area contributed by atoms with E-state index in [1.165, 1.54) is 21.1 Å². The summed E-state index contributed by atoms with van der Waals surface area (Å²) in [4.78, 5) is 4.44. The number of aromatic nitrogens is 1. The molecule has 62 valence electrons. The van der Waals surface area contributed by atoms with Crippen molar-refractivity contribution in [2.75, 3.05) is 0 Å². The zero-order valence-corrected chi connectivity index (χ0v) is 8.97. The quantitative estimate of drug-likeness (QED) is 0.575. The second-order valence-corrected chi connectivity index (χ2v) is 4.90. The molecule has 2 aromatic rings. The van der Waals surface area contributed by atoms with Crippen molar-refractivity contribution in [2.45, 2.75) is 11.3 Å². The Hall–Kier alpha value is -0.190. The Bertz CT molecular complexity index is 408. The number of thiazole rings is 1. The number of aryl methyl sites for hydroxylation is 1. The zero-order valence-electron chi connectivity index (χ0n) is 6.44. The van der Waals surface area contributed by atoms with Gasteiger partial charge in [0, 0.05) is 0 Å². The maximum absolute atomic E-state index is 4.44. The first-order valence-electron chi connectivity index (χ1n) is 3.49. The molecule has 0 aliphatic heterocycles. The summed E-state index contributed by atoms with van der Waals surface area (Å²) >= 11 is 5.81. The van der Waals surface area contributed by atoms with Crippen LogP contribution in [0.3, 0.4) is 0 Å². The number of hydrogen-bond donors (Lipinski definition) is 1. The van der Waals surface area contributed by atoms with Gasteiger partial charge in [-0.3, -0.25) is 0 Å². The van der Waals surface area contributed by atoms with Crippen LogP contribution in [0, 0.1) is 6.92 Å². The molecule has 12 heavy (non-hydrogen) atoms. The van der Waals surface area contributed by atoms with Crippen LogP contribution in [-0.4, -0.2) is 4.98 Å². The fraction of sp³-hybridized carbons (Fsp3) is 0.125. The lowest BCUT2D eigenvalue weighted by Crippen LogP contribution is -1.73. The van der Waals surface area contributed by atoms with Crippen molar-refractivity contribution in [3.05, 3.63) is 23.8 Å². The van der Waals surface area contributed by atoms with Gasteiger partial charge in [0.2, 0.25) is 0 Å². The molecule has 0 N–H and O–H groups in total. The van der Waals surface area contributed by atoms with E-state index in [1.54, 1.807) is 11.3 Å². The largest absolute Gasteiger partial charge is 0.228 e. The molecule has 0 bridgehead atoms. The van der Waals surface area contributed by atoms with Gasteiger partial charge in [0.05, 0.1) is 10.2 Å². The minimum absolute atomic E-state index is 1.02. The molecular formula is C8H7NS3. The summed E-state index contributed by atoms with van der Waals surface area (Å²) in [6.07, 6.45) is 0. The van der Waals surface area contributed by atoms with Gasteiger partial charge in [-0.15, -0.1) is 23.0 Å². The van der Waals surface area contributed by atoms with E-state index in [4.69, 9.17) is 0 Å². The van der Waals surface area contributed by atoms with E-state index in [0.29, 0.717) is 0 Å². The van der Waals surface area contributed by atoms with Crippen molar-refractivity contribution >= 4 is 44.0 Å². The van der Waals surface area contributed by atoms with Crippen molar-refractivity contribution < 1.29 is 0 Å². The Morgan fingerprint density at radius 1 is 1.50 bits per heavy atom. The van der Waals surface area contributed by atoms with Crippen LogP contribution in [0.1, 0.15) is 5.56 Å². The number of fused-ring (bicyclic) bond motifs is 1. The second kappa shape index (κ2) is 3.28. The first kappa shape index (κ1) is 8.41. The molecule has 1 nitrogen and oxygen atoms in total. The maximum atomic E-state index is 4.44. The lowest BCUT2D eigenvalue weighted by atomic mass is 10.2. The zero-order chi connectivity index (χ0) is 8.55. The standard InChI is InChI=1S/C8H7NS3/c1-5-3-2-4-6-7(5)9-8(11-6)12-10/h2-4,10H,1H3.